The summed E-state index contributed by atoms with van der Waals surface area (Å²) in [5, 5.41) is 14.9. The van der Waals surface area contributed by atoms with Crippen molar-refractivity contribution in [2.24, 2.45) is 10.9 Å². The minimum atomic E-state index is -2.02. The third-order valence-corrected chi connectivity index (χ3v) is 9.60. The number of fused-ring (bicyclic) bond motifs is 1. The van der Waals surface area contributed by atoms with E-state index in [0.29, 0.717) is 33.2 Å². The van der Waals surface area contributed by atoms with Crippen molar-refractivity contribution in [1.82, 2.24) is 20.1 Å². The summed E-state index contributed by atoms with van der Waals surface area (Å²) in [6, 6.07) is 9.99. The summed E-state index contributed by atoms with van der Waals surface area (Å²) in [7, 11) is 0. The number of hydrogen-bond acceptors (Lipinski definition) is 9. The van der Waals surface area contributed by atoms with E-state index in [1.54, 1.807) is 49.7 Å². The van der Waals surface area contributed by atoms with Crippen LogP contribution in [0.15, 0.2) is 70.3 Å². The average Bonchev–Trinajstić information content (AvgIpc) is 3.66. The number of benzene rings is 2. The lowest BCUT2D eigenvalue weighted by atomic mass is 9.84. The van der Waals surface area contributed by atoms with Crippen LogP contribution in [0, 0.1) is 18.7 Å². The van der Waals surface area contributed by atoms with E-state index in [-0.39, 0.29) is 56.9 Å². The molecule has 0 unspecified atom stereocenters. The van der Waals surface area contributed by atoms with Crippen LogP contribution in [0.1, 0.15) is 51.4 Å². The van der Waals surface area contributed by atoms with Gasteiger partial charge in [-0.3, -0.25) is 14.7 Å². The molecule has 6 rings (SSSR count). The number of carbonyl (C=O) groups excluding carboxylic acids is 2. The SMILES string of the molecule is CCOC(=O)C1=C(CN2CC[C@]3(F)C(=O)N(Cc4ccc(C(=O)O)cc4)C[C@@H]3C2)NC(c2nccs2)=N[C@H]1c1cccc(F)c1C. The quantitative estimate of drug-likeness (QED) is 0.330. The number of aromatic carboxylic acids is 1. The highest BCUT2D eigenvalue weighted by atomic mass is 32.1. The Morgan fingerprint density at radius 2 is 1.96 bits per heavy atom. The standard InChI is InChI=1S/C33H33F2N5O5S/c1-3-45-31(43)26-25(37-28(29-36-12-14-46-29)38-27(26)23-5-4-6-24(34)19(23)2)18-39-13-11-33(35)22(16-39)17-40(32(33)44)15-20-7-9-21(10-8-20)30(41)42/h4-10,12,14,22,27H,3,11,13,15-18H2,1-2H3,(H,37,38)(H,41,42)/t22-,27-,33+/m0/s1. The molecule has 2 saturated heterocycles. The van der Waals surface area contributed by atoms with E-state index in [1.807, 2.05) is 4.90 Å². The molecule has 0 aliphatic carbocycles. The molecule has 1 amide bonds. The van der Waals surface area contributed by atoms with E-state index in [9.17, 15) is 23.9 Å². The molecule has 3 aliphatic rings. The summed E-state index contributed by atoms with van der Waals surface area (Å²) in [5.41, 5.74) is 0.436. The third-order valence-electron chi connectivity index (χ3n) is 8.82. The normalized spacial score (nSPS) is 23.2. The van der Waals surface area contributed by atoms with Gasteiger partial charge in [0.2, 0.25) is 0 Å². The van der Waals surface area contributed by atoms with Crippen LogP contribution in [-0.2, 0) is 20.9 Å². The first kappa shape index (κ1) is 31.5. The summed E-state index contributed by atoms with van der Waals surface area (Å²) in [6.45, 7) is 4.56. The number of nitrogens with zero attached hydrogens (tertiary/aromatic N) is 4. The molecule has 0 radical (unpaired) electrons. The smallest absolute Gasteiger partial charge is 0.338 e. The first-order chi connectivity index (χ1) is 22.1. The minimum Gasteiger partial charge on any atom is -0.478 e. The monoisotopic (exact) mass is 649 g/mol. The zero-order valence-electron chi connectivity index (χ0n) is 25.3. The van der Waals surface area contributed by atoms with Crippen LogP contribution < -0.4 is 5.32 Å². The van der Waals surface area contributed by atoms with E-state index in [0.717, 1.165) is 0 Å². The van der Waals surface area contributed by atoms with Crippen LogP contribution in [0.2, 0.25) is 0 Å². The second-order valence-electron chi connectivity index (χ2n) is 11.6. The van der Waals surface area contributed by atoms with E-state index >= 15 is 4.39 Å². The van der Waals surface area contributed by atoms with Gasteiger partial charge in [0.25, 0.3) is 5.91 Å². The molecule has 10 nitrogen and oxygen atoms in total. The van der Waals surface area contributed by atoms with Gasteiger partial charge < -0.3 is 20.1 Å². The molecule has 2 N–H and O–H groups in total. The number of thiazole rings is 1. The number of rotatable bonds is 9. The number of ether oxygens (including phenoxy) is 1. The average molecular weight is 650 g/mol. The predicted octanol–water partition coefficient (Wildman–Crippen LogP) is 4.27. The van der Waals surface area contributed by atoms with E-state index < -0.39 is 41.3 Å². The number of piperidine rings is 1. The van der Waals surface area contributed by atoms with Gasteiger partial charge in [0.1, 0.15) is 11.9 Å². The number of aliphatic imine (C=N–C) groups is 1. The van der Waals surface area contributed by atoms with Crippen molar-refractivity contribution < 1.29 is 33.0 Å². The van der Waals surface area contributed by atoms with Crippen molar-refractivity contribution in [1.29, 1.82) is 0 Å². The van der Waals surface area contributed by atoms with Gasteiger partial charge in [0.15, 0.2) is 16.5 Å². The second-order valence-corrected chi connectivity index (χ2v) is 12.5. The van der Waals surface area contributed by atoms with Crippen LogP contribution >= 0.6 is 11.3 Å². The first-order valence-electron chi connectivity index (χ1n) is 15.0. The van der Waals surface area contributed by atoms with Crippen molar-refractivity contribution in [3.63, 3.8) is 0 Å². The number of alkyl halides is 1. The molecule has 2 fully saturated rings. The Morgan fingerprint density at radius 3 is 2.65 bits per heavy atom. The molecular formula is C33H33F2N5O5S. The van der Waals surface area contributed by atoms with E-state index in [2.05, 4.69) is 10.3 Å². The lowest BCUT2D eigenvalue weighted by Crippen LogP contribution is -2.52. The zero-order chi connectivity index (χ0) is 32.6. The van der Waals surface area contributed by atoms with Gasteiger partial charge in [-0.1, -0.05) is 24.3 Å². The van der Waals surface area contributed by atoms with Gasteiger partial charge in [-0.25, -0.2) is 23.4 Å². The van der Waals surface area contributed by atoms with E-state index in [1.165, 1.54) is 34.4 Å². The van der Waals surface area contributed by atoms with Gasteiger partial charge in [-0.05, 0) is 48.7 Å². The van der Waals surface area contributed by atoms with Crippen LogP contribution in [0.3, 0.4) is 0 Å². The summed E-state index contributed by atoms with van der Waals surface area (Å²) in [5.74, 6) is -2.81. The number of carbonyl (C=O) groups is 3. The van der Waals surface area contributed by atoms with Gasteiger partial charge >= 0.3 is 11.9 Å². The van der Waals surface area contributed by atoms with Gasteiger partial charge in [0, 0.05) is 62.3 Å². The molecule has 0 saturated carbocycles. The molecule has 13 heteroatoms. The molecule has 46 heavy (non-hydrogen) atoms. The molecule has 240 valence electrons. The molecule has 3 atom stereocenters. The number of nitrogens with one attached hydrogen (secondary N) is 1. The second kappa shape index (κ2) is 12.7. The number of aromatic nitrogens is 1. The maximum Gasteiger partial charge on any atom is 0.338 e. The number of likely N-dealkylation sites (tertiary alicyclic amines) is 2. The number of esters is 1. The van der Waals surface area contributed by atoms with Crippen molar-refractivity contribution in [2.75, 3.05) is 32.8 Å². The molecule has 2 aromatic carbocycles. The Bertz CT molecular complexity index is 1730. The fraction of sp³-hybridized carbons (Fsp3) is 0.364. The molecule has 1 aromatic heterocycles. The topological polar surface area (TPSA) is 124 Å². The fourth-order valence-electron chi connectivity index (χ4n) is 6.41. The minimum absolute atomic E-state index is 0.0210. The molecule has 0 spiro atoms. The number of halogens is 2. The number of carboxylic acids is 1. The lowest BCUT2D eigenvalue weighted by molar-refractivity contribution is -0.141. The molecule has 3 aliphatic heterocycles. The molecular weight excluding hydrogens is 616 g/mol. The van der Waals surface area contributed by atoms with Gasteiger partial charge in [-0.15, -0.1) is 11.3 Å². The summed E-state index contributed by atoms with van der Waals surface area (Å²) in [4.78, 5) is 50.7. The molecule has 0 bridgehead atoms. The Hall–Kier alpha value is -4.49. The van der Waals surface area contributed by atoms with Crippen molar-refractivity contribution in [3.8, 4) is 0 Å². The largest absolute Gasteiger partial charge is 0.478 e. The summed E-state index contributed by atoms with van der Waals surface area (Å²) < 4.78 is 36.5. The summed E-state index contributed by atoms with van der Waals surface area (Å²) >= 11 is 1.36. The van der Waals surface area contributed by atoms with Crippen molar-refractivity contribution in [2.45, 2.75) is 38.5 Å². The summed E-state index contributed by atoms with van der Waals surface area (Å²) in [6.07, 6.45) is 1.62. The highest BCUT2D eigenvalue weighted by Gasteiger charge is 2.57. The van der Waals surface area contributed by atoms with Crippen molar-refractivity contribution in [3.05, 3.63) is 98.4 Å². The van der Waals surface area contributed by atoms with E-state index in [4.69, 9.17) is 9.73 Å². The number of hydrogen-bond donors (Lipinski definition) is 2. The first-order valence-corrected chi connectivity index (χ1v) is 15.9. The van der Waals surface area contributed by atoms with Crippen LogP contribution in [-0.4, -0.2) is 82.0 Å². The van der Waals surface area contributed by atoms with Gasteiger partial charge in [0.05, 0.1) is 17.7 Å². The Kier molecular flexibility index (Phi) is 8.71. The van der Waals surface area contributed by atoms with Crippen LogP contribution in [0.25, 0.3) is 0 Å². The van der Waals surface area contributed by atoms with Crippen molar-refractivity contribution >= 4 is 35.0 Å². The number of amides is 1. The third kappa shape index (κ3) is 5.92. The fourth-order valence-corrected chi connectivity index (χ4v) is 7.00. The Balaban J connectivity index is 1.28. The number of carboxylic acid groups (broad SMARTS) is 1. The Morgan fingerprint density at radius 1 is 1.17 bits per heavy atom. The molecule has 4 heterocycles. The highest BCUT2D eigenvalue weighted by molar-refractivity contribution is 7.11. The lowest BCUT2D eigenvalue weighted by Gasteiger charge is -2.38. The number of amidine groups is 1. The van der Waals surface area contributed by atoms with Crippen LogP contribution in [0.5, 0.6) is 0 Å². The molecule has 3 aromatic rings. The predicted molar refractivity (Wildman–Crippen MR) is 167 cm³/mol. The van der Waals surface area contributed by atoms with Crippen LogP contribution in [0.4, 0.5) is 8.78 Å². The maximum atomic E-state index is 16.3. The Labute approximate surface area is 268 Å². The zero-order valence-corrected chi connectivity index (χ0v) is 26.2. The van der Waals surface area contributed by atoms with Gasteiger partial charge in [-0.2, -0.15) is 0 Å². The highest BCUT2D eigenvalue weighted by Crippen LogP contribution is 2.41. The maximum absolute atomic E-state index is 16.3.